The highest BCUT2D eigenvalue weighted by molar-refractivity contribution is 6.35. The Balaban J connectivity index is 2.83. The molecular weight excluding hydrogens is 188 g/mol. The number of rotatable bonds is 1. The number of aryl methyl sites for hydroxylation is 1. The summed E-state index contributed by atoms with van der Waals surface area (Å²) in [6, 6.07) is 3.63. The quantitative estimate of drug-likeness (QED) is 0.700. The van der Waals surface area contributed by atoms with E-state index in [4.69, 9.17) is 16.3 Å². The molecular formula is C9H9ClN2O. The smallest absolute Gasteiger partial charge is 0.129 e. The van der Waals surface area contributed by atoms with Gasteiger partial charge in [0.2, 0.25) is 0 Å². The third-order valence-electron chi connectivity index (χ3n) is 1.92. The number of ether oxygens (including phenoxy) is 1. The van der Waals surface area contributed by atoms with E-state index in [1.54, 1.807) is 17.9 Å². The molecule has 1 aromatic heterocycles. The lowest BCUT2D eigenvalue weighted by molar-refractivity contribution is 0.420. The molecule has 0 N–H and O–H groups in total. The summed E-state index contributed by atoms with van der Waals surface area (Å²) in [5.41, 5.74) is 0.781. The standard InChI is InChI=1S/C9H9ClN2O/c1-12-5-6-8(13-2)4-3-7(10)9(6)11-12/h3-5H,1-2H3. The molecule has 68 valence electrons. The fraction of sp³-hybridized carbons (Fsp3) is 0.222. The summed E-state index contributed by atoms with van der Waals surface area (Å²) in [5, 5.41) is 5.82. The molecule has 1 heterocycles. The predicted molar refractivity (Wildman–Crippen MR) is 52.3 cm³/mol. The van der Waals surface area contributed by atoms with Crippen LogP contribution < -0.4 is 4.74 Å². The van der Waals surface area contributed by atoms with Crippen LogP contribution in [0.5, 0.6) is 5.75 Å². The first kappa shape index (κ1) is 8.38. The van der Waals surface area contributed by atoms with Crippen LogP contribution in [-0.2, 0) is 7.05 Å². The number of methoxy groups -OCH3 is 1. The maximum Gasteiger partial charge on any atom is 0.129 e. The van der Waals surface area contributed by atoms with Gasteiger partial charge in [-0.2, -0.15) is 5.10 Å². The van der Waals surface area contributed by atoms with Crippen LogP contribution >= 0.6 is 11.6 Å². The molecule has 0 saturated carbocycles. The van der Waals surface area contributed by atoms with Gasteiger partial charge >= 0.3 is 0 Å². The van der Waals surface area contributed by atoms with Gasteiger partial charge in [0.25, 0.3) is 0 Å². The van der Waals surface area contributed by atoms with Crippen molar-refractivity contribution in [1.29, 1.82) is 0 Å². The van der Waals surface area contributed by atoms with Crippen molar-refractivity contribution in [1.82, 2.24) is 9.78 Å². The minimum absolute atomic E-state index is 0.649. The number of halogens is 1. The van der Waals surface area contributed by atoms with Crippen LogP contribution in [-0.4, -0.2) is 16.9 Å². The molecule has 2 rings (SSSR count). The number of hydrogen-bond donors (Lipinski definition) is 0. The van der Waals surface area contributed by atoms with Gasteiger partial charge in [0.05, 0.1) is 17.5 Å². The van der Waals surface area contributed by atoms with Crippen LogP contribution in [0, 0.1) is 0 Å². The lowest BCUT2D eigenvalue weighted by atomic mass is 10.2. The van der Waals surface area contributed by atoms with Gasteiger partial charge in [-0.05, 0) is 12.1 Å². The van der Waals surface area contributed by atoms with E-state index in [0.29, 0.717) is 5.02 Å². The van der Waals surface area contributed by atoms with E-state index in [0.717, 1.165) is 16.7 Å². The lowest BCUT2D eigenvalue weighted by Gasteiger charge is -2.00. The molecule has 0 saturated heterocycles. The zero-order valence-electron chi connectivity index (χ0n) is 7.41. The van der Waals surface area contributed by atoms with Crippen LogP contribution in [0.2, 0.25) is 5.02 Å². The van der Waals surface area contributed by atoms with Crippen molar-refractivity contribution in [2.45, 2.75) is 0 Å². The summed E-state index contributed by atoms with van der Waals surface area (Å²) in [6.45, 7) is 0. The Morgan fingerprint density at radius 2 is 2.23 bits per heavy atom. The van der Waals surface area contributed by atoms with Gasteiger partial charge in [-0.1, -0.05) is 11.6 Å². The molecule has 0 aliphatic rings. The Kier molecular flexibility index (Phi) is 1.88. The third kappa shape index (κ3) is 1.25. The molecule has 4 heteroatoms. The van der Waals surface area contributed by atoms with Crippen LogP contribution in [0.4, 0.5) is 0 Å². The summed E-state index contributed by atoms with van der Waals surface area (Å²) in [4.78, 5) is 0. The van der Waals surface area contributed by atoms with Crippen molar-refractivity contribution >= 4 is 22.5 Å². The highest BCUT2D eigenvalue weighted by Crippen LogP contribution is 2.29. The van der Waals surface area contributed by atoms with Gasteiger partial charge in [0.15, 0.2) is 0 Å². The van der Waals surface area contributed by atoms with Crippen molar-refractivity contribution in [3.8, 4) is 5.75 Å². The monoisotopic (exact) mass is 196 g/mol. The SMILES string of the molecule is COc1ccc(Cl)c2nn(C)cc12. The first-order valence-electron chi connectivity index (χ1n) is 3.88. The van der Waals surface area contributed by atoms with Crippen molar-refractivity contribution < 1.29 is 4.74 Å². The summed E-state index contributed by atoms with van der Waals surface area (Å²) >= 11 is 5.97. The first-order valence-corrected chi connectivity index (χ1v) is 4.26. The predicted octanol–water partition coefficient (Wildman–Crippen LogP) is 2.24. The largest absolute Gasteiger partial charge is 0.496 e. The fourth-order valence-electron chi connectivity index (χ4n) is 1.34. The molecule has 2 aromatic rings. The number of hydrogen-bond acceptors (Lipinski definition) is 2. The van der Waals surface area contributed by atoms with E-state index in [9.17, 15) is 0 Å². The van der Waals surface area contributed by atoms with E-state index in [-0.39, 0.29) is 0 Å². The molecule has 0 unspecified atom stereocenters. The van der Waals surface area contributed by atoms with Crippen LogP contribution in [0.15, 0.2) is 18.3 Å². The van der Waals surface area contributed by atoms with Gasteiger partial charge in [0.1, 0.15) is 11.3 Å². The van der Waals surface area contributed by atoms with Crippen molar-refractivity contribution in [3.63, 3.8) is 0 Å². The molecule has 0 radical (unpaired) electrons. The second-order valence-electron chi connectivity index (χ2n) is 2.81. The normalized spacial score (nSPS) is 10.7. The van der Waals surface area contributed by atoms with E-state index in [2.05, 4.69) is 5.10 Å². The topological polar surface area (TPSA) is 27.1 Å². The molecule has 0 aliphatic carbocycles. The molecule has 0 amide bonds. The molecule has 0 bridgehead atoms. The second-order valence-corrected chi connectivity index (χ2v) is 3.22. The summed E-state index contributed by atoms with van der Waals surface area (Å²) in [5.74, 6) is 0.799. The molecule has 0 aliphatic heterocycles. The Hall–Kier alpha value is -1.22. The van der Waals surface area contributed by atoms with E-state index < -0.39 is 0 Å². The fourth-order valence-corrected chi connectivity index (χ4v) is 1.54. The number of nitrogens with zero attached hydrogens (tertiary/aromatic N) is 2. The Bertz CT molecular complexity index is 450. The van der Waals surface area contributed by atoms with Gasteiger partial charge in [0, 0.05) is 13.2 Å². The minimum atomic E-state index is 0.649. The summed E-state index contributed by atoms with van der Waals surface area (Å²) in [7, 11) is 3.49. The maximum absolute atomic E-state index is 5.97. The van der Waals surface area contributed by atoms with Crippen molar-refractivity contribution in [3.05, 3.63) is 23.4 Å². The second kappa shape index (κ2) is 2.92. The zero-order chi connectivity index (χ0) is 9.42. The lowest BCUT2D eigenvalue weighted by Crippen LogP contribution is -1.85. The van der Waals surface area contributed by atoms with E-state index in [1.807, 2.05) is 19.3 Å². The van der Waals surface area contributed by atoms with Crippen LogP contribution in [0.1, 0.15) is 0 Å². The average molecular weight is 197 g/mol. The van der Waals surface area contributed by atoms with Crippen LogP contribution in [0.25, 0.3) is 10.9 Å². The highest BCUT2D eigenvalue weighted by atomic mass is 35.5. The molecule has 0 fully saturated rings. The summed E-state index contributed by atoms with van der Waals surface area (Å²) < 4.78 is 6.91. The Labute approximate surface area is 80.9 Å². The molecule has 1 aromatic carbocycles. The molecule has 3 nitrogen and oxygen atoms in total. The number of benzene rings is 1. The van der Waals surface area contributed by atoms with Gasteiger partial charge in [-0.3, -0.25) is 4.68 Å². The number of fused-ring (bicyclic) bond motifs is 1. The molecule has 0 atom stereocenters. The molecule has 13 heavy (non-hydrogen) atoms. The highest BCUT2D eigenvalue weighted by Gasteiger charge is 2.07. The number of aromatic nitrogens is 2. The zero-order valence-corrected chi connectivity index (χ0v) is 8.17. The van der Waals surface area contributed by atoms with Gasteiger partial charge < -0.3 is 4.74 Å². The maximum atomic E-state index is 5.97. The van der Waals surface area contributed by atoms with Gasteiger partial charge in [-0.15, -0.1) is 0 Å². The minimum Gasteiger partial charge on any atom is -0.496 e. The summed E-state index contributed by atoms with van der Waals surface area (Å²) in [6.07, 6.45) is 1.89. The van der Waals surface area contributed by atoms with Crippen molar-refractivity contribution in [2.75, 3.05) is 7.11 Å². The molecule has 0 spiro atoms. The van der Waals surface area contributed by atoms with Gasteiger partial charge in [-0.25, -0.2) is 0 Å². The van der Waals surface area contributed by atoms with E-state index in [1.165, 1.54) is 0 Å². The van der Waals surface area contributed by atoms with Crippen LogP contribution in [0.3, 0.4) is 0 Å². The Morgan fingerprint density at radius 3 is 2.92 bits per heavy atom. The van der Waals surface area contributed by atoms with E-state index >= 15 is 0 Å². The first-order chi connectivity index (χ1) is 6.22. The third-order valence-corrected chi connectivity index (χ3v) is 2.23. The average Bonchev–Trinajstić information content (AvgIpc) is 2.48. The van der Waals surface area contributed by atoms with Crippen molar-refractivity contribution in [2.24, 2.45) is 7.05 Å². The Morgan fingerprint density at radius 1 is 1.46 bits per heavy atom.